The third-order valence-electron chi connectivity index (χ3n) is 6.08. The van der Waals surface area contributed by atoms with Gasteiger partial charge in [0.05, 0.1) is 5.41 Å². The predicted octanol–water partition coefficient (Wildman–Crippen LogP) is 5.00. The lowest BCUT2D eigenvalue weighted by Crippen LogP contribution is -2.47. The Morgan fingerprint density at radius 2 is 1.56 bits per heavy atom. The molecule has 1 saturated carbocycles. The Morgan fingerprint density at radius 3 is 2.15 bits per heavy atom. The molecule has 0 atom stereocenters. The normalized spacial score (nSPS) is 20.1. The summed E-state index contributed by atoms with van der Waals surface area (Å²) >= 11 is 9.54. The molecule has 2 fully saturated rings. The molecule has 1 amide bonds. The van der Waals surface area contributed by atoms with E-state index in [9.17, 15) is 4.79 Å². The topological polar surface area (TPSA) is 38.3 Å². The monoisotopic (exact) mass is 447 g/mol. The van der Waals surface area contributed by atoms with Crippen molar-refractivity contribution in [3.05, 3.63) is 69.2 Å². The van der Waals surface area contributed by atoms with Crippen molar-refractivity contribution in [2.75, 3.05) is 19.8 Å². The van der Waals surface area contributed by atoms with Crippen molar-refractivity contribution in [2.24, 2.45) is 0 Å². The maximum Gasteiger partial charge on any atom is 0.230 e. The number of amides is 1. The van der Waals surface area contributed by atoms with E-state index in [0.29, 0.717) is 6.54 Å². The summed E-state index contributed by atoms with van der Waals surface area (Å²) in [7, 11) is 0. The molecule has 1 aliphatic carbocycles. The number of halogens is 2. The van der Waals surface area contributed by atoms with Crippen LogP contribution in [0.25, 0.3) is 0 Å². The average molecular weight is 449 g/mol. The van der Waals surface area contributed by atoms with Gasteiger partial charge in [0.2, 0.25) is 5.91 Å². The molecule has 1 saturated heterocycles. The molecule has 0 spiro atoms. The van der Waals surface area contributed by atoms with E-state index in [1.807, 2.05) is 24.3 Å². The molecular formula is C22H23BrClNO2. The number of carbonyl (C=O) groups is 1. The summed E-state index contributed by atoms with van der Waals surface area (Å²) < 4.78 is 6.63. The molecule has 1 aliphatic heterocycles. The number of carbonyl (C=O) groups excluding carboxylic acids is 1. The smallest absolute Gasteiger partial charge is 0.230 e. The van der Waals surface area contributed by atoms with Crippen LogP contribution < -0.4 is 5.32 Å². The van der Waals surface area contributed by atoms with Gasteiger partial charge in [0, 0.05) is 34.7 Å². The number of hydrogen-bond acceptors (Lipinski definition) is 2. The Morgan fingerprint density at radius 1 is 0.963 bits per heavy atom. The lowest BCUT2D eigenvalue weighted by molar-refractivity contribution is -0.124. The van der Waals surface area contributed by atoms with Crippen molar-refractivity contribution >= 4 is 33.4 Å². The Balaban J connectivity index is 1.52. The highest BCUT2D eigenvalue weighted by Crippen LogP contribution is 2.49. The summed E-state index contributed by atoms with van der Waals surface area (Å²) in [5.74, 6) is 0.143. The minimum absolute atomic E-state index is 0.0890. The van der Waals surface area contributed by atoms with Crippen LogP contribution in [0.3, 0.4) is 0 Å². The van der Waals surface area contributed by atoms with Gasteiger partial charge >= 0.3 is 0 Å². The second kappa shape index (κ2) is 7.57. The van der Waals surface area contributed by atoms with Gasteiger partial charge in [-0.1, -0.05) is 51.8 Å². The lowest BCUT2D eigenvalue weighted by atomic mass is 9.74. The molecule has 27 heavy (non-hydrogen) atoms. The molecule has 4 rings (SSSR count). The van der Waals surface area contributed by atoms with Crippen molar-refractivity contribution in [2.45, 2.75) is 36.5 Å². The van der Waals surface area contributed by atoms with Gasteiger partial charge in [-0.2, -0.15) is 0 Å². The fourth-order valence-electron chi connectivity index (χ4n) is 4.09. The maximum atomic E-state index is 13.1. The number of ether oxygens (including phenoxy) is 1. The third-order valence-corrected chi connectivity index (χ3v) is 6.86. The minimum atomic E-state index is -0.354. The van der Waals surface area contributed by atoms with E-state index in [1.165, 1.54) is 5.56 Å². The first-order valence-electron chi connectivity index (χ1n) is 9.42. The van der Waals surface area contributed by atoms with Crippen molar-refractivity contribution in [1.82, 2.24) is 5.32 Å². The fourth-order valence-corrected chi connectivity index (χ4v) is 4.48. The largest absolute Gasteiger partial charge is 0.381 e. The van der Waals surface area contributed by atoms with Gasteiger partial charge in [-0.05, 0) is 61.1 Å². The molecule has 2 aromatic rings. The molecule has 0 radical (unpaired) electrons. The second-order valence-electron chi connectivity index (χ2n) is 7.67. The highest BCUT2D eigenvalue weighted by molar-refractivity contribution is 9.10. The van der Waals surface area contributed by atoms with Gasteiger partial charge in [0.25, 0.3) is 0 Å². The summed E-state index contributed by atoms with van der Waals surface area (Å²) in [5, 5.41) is 4.02. The summed E-state index contributed by atoms with van der Waals surface area (Å²) in [6.07, 6.45) is 3.63. The van der Waals surface area contributed by atoms with Crippen molar-refractivity contribution < 1.29 is 9.53 Å². The lowest BCUT2D eigenvalue weighted by Gasteiger charge is -2.38. The Hall–Kier alpha value is -1.36. The van der Waals surface area contributed by atoms with Crippen LogP contribution >= 0.6 is 27.5 Å². The van der Waals surface area contributed by atoms with Crippen molar-refractivity contribution in [3.8, 4) is 0 Å². The molecule has 3 nitrogen and oxygen atoms in total. The van der Waals surface area contributed by atoms with E-state index in [4.69, 9.17) is 16.3 Å². The minimum Gasteiger partial charge on any atom is -0.381 e. The van der Waals surface area contributed by atoms with E-state index >= 15 is 0 Å². The van der Waals surface area contributed by atoms with Crippen LogP contribution in [0, 0.1) is 0 Å². The molecule has 0 aromatic heterocycles. The molecule has 0 unspecified atom stereocenters. The van der Waals surface area contributed by atoms with Gasteiger partial charge in [-0.25, -0.2) is 0 Å². The zero-order valence-corrected chi connectivity index (χ0v) is 17.5. The summed E-state index contributed by atoms with van der Waals surface area (Å²) in [4.78, 5) is 13.1. The fraction of sp³-hybridized carbons (Fsp3) is 0.409. The SMILES string of the molecule is O=C(NCC1(c2ccc(Cl)cc2)CCOCC1)C1(c2ccc(Br)cc2)CC1. The van der Waals surface area contributed by atoms with E-state index < -0.39 is 0 Å². The molecule has 2 aliphatic rings. The van der Waals surface area contributed by atoms with Crippen LogP contribution in [-0.2, 0) is 20.4 Å². The van der Waals surface area contributed by atoms with Crippen molar-refractivity contribution in [3.63, 3.8) is 0 Å². The Bertz CT molecular complexity index is 809. The van der Waals surface area contributed by atoms with Crippen LogP contribution in [0.15, 0.2) is 53.0 Å². The Labute approximate surface area is 173 Å². The summed E-state index contributed by atoms with van der Waals surface area (Å²) in [6.45, 7) is 2.07. The quantitative estimate of drug-likeness (QED) is 0.699. The first kappa shape index (κ1) is 19.0. The third kappa shape index (κ3) is 3.80. The molecule has 0 bridgehead atoms. The van der Waals surface area contributed by atoms with Crippen LogP contribution in [0.2, 0.25) is 5.02 Å². The average Bonchev–Trinajstić information content (AvgIpc) is 3.50. The number of benzene rings is 2. The molecule has 2 aromatic carbocycles. The van der Waals surface area contributed by atoms with Crippen molar-refractivity contribution in [1.29, 1.82) is 0 Å². The molecular weight excluding hydrogens is 426 g/mol. The van der Waals surface area contributed by atoms with Gasteiger partial charge < -0.3 is 10.1 Å². The predicted molar refractivity (Wildman–Crippen MR) is 111 cm³/mol. The molecule has 142 valence electrons. The maximum absolute atomic E-state index is 13.1. The van der Waals surface area contributed by atoms with Gasteiger partial charge in [0.1, 0.15) is 0 Å². The van der Waals surface area contributed by atoms with E-state index in [0.717, 1.165) is 54.0 Å². The van der Waals surface area contributed by atoms with E-state index in [1.54, 1.807) is 0 Å². The number of rotatable bonds is 5. The first-order valence-corrected chi connectivity index (χ1v) is 10.6. The molecule has 1 N–H and O–H groups in total. The van der Waals surface area contributed by atoms with Gasteiger partial charge in [-0.3, -0.25) is 4.79 Å². The highest BCUT2D eigenvalue weighted by atomic mass is 79.9. The molecule has 1 heterocycles. The van der Waals surface area contributed by atoms with E-state index in [-0.39, 0.29) is 16.7 Å². The zero-order valence-electron chi connectivity index (χ0n) is 15.1. The number of hydrogen-bond donors (Lipinski definition) is 1. The van der Waals surface area contributed by atoms with Crippen LogP contribution in [0.1, 0.15) is 36.8 Å². The summed E-state index contributed by atoms with van der Waals surface area (Å²) in [6, 6.07) is 16.2. The second-order valence-corrected chi connectivity index (χ2v) is 9.02. The van der Waals surface area contributed by atoms with Gasteiger partial charge in [-0.15, -0.1) is 0 Å². The summed E-state index contributed by atoms with van der Waals surface area (Å²) in [5.41, 5.74) is 1.89. The van der Waals surface area contributed by atoms with Crippen LogP contribution in [0.4, 0.5) is 0 Å². The van der Waals surface area contributed by atoms with Crippen LogP contribution in [0.5, 0.6) is 0 Å². The van der Waals surface area contributed by atoms with Crippen LogP contribution in [-0.4, -0.2) is 25.7 Å². The highest BCUT2D eigenvalue weighted by Gasteiger charge is 2.51. The van der Waals surface area contributed by atoms with E-state index in [2.05, 4.69) is 45.5 Å². The zero-order chi connectivity index (χ0) is 18.9. The molecule has 5 heteroatoms. The van der Waals surface area contributed by atoms with Gasteiger partial charge in [0.15, 0.2) is 0 Å². The Kier molecular flexibility index (Phi) is 5.32. The first-order chi connectivity index (χ1) is 13.0. The number of nitrogens with one attached hydrogen (secondary N) is 1. The standard InChI is InChI=1S/C22H23BrClNO2/c23-18-5-1-17(2-6-18)22(9-10-22)20(26)25-15-21(11-13-27-14-12-21)16-3-7-19(24)8-4-16/h1-8H,9-15H2,(H,25,26).